The predicted molar refractivity (Wildman–Crippen MR) is 112 cm³/mol. The Balaban J connectivity index is 1.41. The molecular formula is C19H25F2N4O7P. The molecule has 11 nitrogen and oxygen atoms in total. The van der Waals surface area contributed by atoms with Crippen molar-refractivity contribution in [2.24, 2.45) is 0 Å². The highest BCUT2D eigenvalue weighted by Crippen LogP contribution is 2.54. The van der Waals surface area contributed by atoms with Gasteiger partial charge in [-0.05, 0) is 6.42 Å². The number of cyclic esters (lactones) is 1. The average molecular weight is 490 g/mol. The lowest BCUT2D eigenvalue weighted by Gasteiger charge is -2.39. The third kappa shape index (κ3) is 5.06. The minimum Gasteiger partial charge on any atom is -0.453 e. The molecule has 3 heterocycles. The van der Waals surface area contributed by atoms with Crippen LogP contribution in [0.15, 0.2) is 12.1 Å². The molecule has 182 valence electrons. The standard InChI is InChI=1S/C19H25F2N4O7P/c1-29-18(26)22-11-14-12-25(19(27)32-14)13-9-15(20)17(16(21)10-13)23-3-5-24(6-4-23)33(28)30-7-2-8-31-33/h9-10,14H,2-8,11-12H2,1H3,(H,22,26). The highest BCUT2D eigenvalue weighted by atomic mass is 31.2. The van der Waals surface area contributed by atoms with Gasteiger partial charge in [-0.2, -0.15) is 0 Å². The summed E-state index contributed by atoms with van der Waals surface area (Å²) in [7, 11) is -2.15. The van der Waals surface area contributed by atoms with Gasteiger partial charge in [-0.15, -0.1) is 0 Å². The lowest BCUT2D eigenvalue weighted by Crippen LogP contribution is -2.46. The number of piperazine rings is 1. The van der Waals surface area contributed by atoms with E-state index in [1.165, 1.54) is 12.0 Å². The number of halogens is 2. The van der Waals surface area contributed by atoms with Crippen LogP contribution >= 0.6 is 7.75 Å². The molecule has 3 aliphatic rings. The van der Waals surface area contributed by atoms with Crippen LogP contribution in [0.3, 0.4) is 0 Å². The van der Waals surface area contributed by atoms with Gasteiger partial charge >= 0.3 is 19.9 Å². The number of carbonyl (C=O) groups is 2. The first-order chi connectivity index (χ1) is 15.8. The molecule has 3 saturated heterocycles. The molecule has 0 saturated carbocycles. The Kier molecular flexibility index (Phi) is 7.03. The van der Waals surface area contributed by atoms with Crippen molar-refractivity contribution in [2.45, 2.75) is 12.5 Å². The van der Waals surface area contributed by atoms with Gasteiger partial charge in [-0.25, -0.2) is 27.6 Å². The number of ether oxygens (including phenoxy) is 2. The fraction of sp³-hybridized carbons (Fsp3) is 0.579. The monoisotopic (exact) mass is 490 g/mol. The molecule has 0 aromatic heterocycles. The van der Waals surface area contributed by atoms with Gasteiger partial charge in [-0.1, -0.05) is 0 Å². The van der Waals surface area contributed by atoms with Crippen molar-refractivity contribution < 1.29 is 41.5 Å². The molecule has 33 heavy (non-hydrogen) atoms. The molecule has 3 aliphatic heterocycles. The van der Waals surface area contributed by atoms with Gasteiger partial charge < -0.3 is 19.7 Å². The van der Waals surface area contributed by atoms with Crippen LogP contribution in [0.2, 0.25) is 0 Å². The molecule has 2 amide bonds. The summed E-state index contributed by atoms with van der Waals surface area (Å²) < 4.78 is 64.5. The summed E-state index contributed by atoms with van der Waals surface area (Å²) in [4.78, 5) is 26.0. The molecule has 1 N–H and O–H groups in total. The summed E-state index contributed by atoms with van der Waals surface area (Å²) in [5.41, 5.74) is -0.218. The van der Waals surface area contributed by atoms with Crippen molar-refractivity contribution in [3.05, 3.63) is 23.8 Å². The van der Waals surface area contributed by atoms with E-state index in [-0.39, 0.29) is 50.6 Å². The van der Waals surface area contributed by atoms with Gasteiger partial charge in [0.1, 0.15) is 11.8 Å². The number of alkyl carbamates (subject to hydrolysis) is 1. The first kappa shape index (κ1) is 23.7. The molecule has 0 spiro atoms. The second-order valence-electron chi connectivity index (χ2n) is 7.68. The van der Waals surface area contributed by atoms with E-state index in [1.807, 2.05) is 0 Å². The SMILES string of the molecule is COC(=O)NCC1CN(c2cc(F)c(N3CCN(P4(=O)OCCCO4)CC3)c(F)c2)C(=O)O1. The van der Waals surface area contributed by atoms with E-state index < -0.39 is 37.7 Å². The van der Waals surface area contributed by atoms with E-state index in [9.17, 15) is 22.9 Å². The lowest BCUT2D eigenvalue weighted by molar-refractivity contribution is 0.107. The van der Waals surface area contributed by atoms with Crippen molar-refractivity contribution in [2.75, 3.05) is 69.4 Å². The van der Waals surface area contributed by atoms with Gasteiger partial charge in [0.15, 0.2) is 11.6 Å². The van der Waals surface area contributed by atoms with E-state index in [0.29, 0.717) is 19.6 Å². The number of rotatable bonds is 5. The summed E-state index contributed by atoms with van der Waals surface area (Å²) in [5, 5.41) is 2.41. The van der Waals surface area contributed by atoms with Crippen LogP contribution in [0.5, 0.6) is 0 Å². The molecule has 1 atom stereocenters. The predicted octanol–water partition coefficient (Wildman–Crippen LogP) is 2.31. The van der Waals surface area contributed by atoms with Crippen LogP contribution in [-0.2, 0) is 23.1 Å². The number of carbonyl (C=O) groups excluding carboxylic acids is 2. The van der Waals surface area contributed by atoms with Crippen LogP contribution in [0.4, 0.5) is 29.7 Å². The molecule has 4 rings (SSSR count). The third-order valence-corrected chi connectivity index (χ3v) is 7.67. The smallest absolute Gasteiger partial charge is 0.414 e. The first-order valence-corrected chi connectivity index (χ1v) is 12.0. The molecule has 1 unspecified atom stereocenters. The Hall–Kier alpha value is -2.47. The zero-order valence-corrected chi connectivity index (χ0v) is 18.9. The normalized spacial score (nSPS) is 23.4. The van der Waals surface area contributed by atoms with Gasteiger partial charge in [0.05, 0.1) is 39.1 Å². The number of amides is 2. The van der Waals surface area contributed by atoms with E-state index >= 15 is 0 Å². The van der Waals surface area contributed by atoms with Crippen molar-refractivity contribution in [1.29, 1.82) is 0 Å². The molecule has 1 aromatic carbocycles. The van der Waals surface area contributed by atoms with Gasteiger partial charge in [0, 0.05) is 38.3 Å². The van der Waals surface area contributed by atoms with Gasteiger partial charge in [-0.3, -0.25) is 13.9 Å². The van der Waals surface area contributed by atoms with Crippen LogP contribution in [0.1, 0.15) is 6.42 Å². The second kappa shape index (κ2) is 9.80. The number of hydrogen-bond acceptors (Lipinski definition) is 8. The van der Waals surface area contributed by atoms with Gasteiger partial charge in [0.25, 0.3) is 0 Å². The van der Waals surface area contributed by atoms with E-state index in [1.54, 1.807) is 4.67 Å². The first-order valence-electron chi connectivity index (χ1n) is 10.5. The summed E-state index contributed by atoms with van der Waals surface area (Å²) in [6, 6.07) is 2.13. The van der Waals surface area contributed by atoms with Crippen LogP contribution < -0.4 is 15.1 Å². The Bertz CT molecular complexity index is 927. The molecular weight excluding hydrogens is 465 g/mol. The van der Waals surface area contributed by atoms with Crippen LogP contribution in [0.25, 0.3) is 0 Å². The maximum absolute atomic E-state index is 14.9. The minimum absolute atomic E-state index is 0.000472. The topological polar surface area (TPSA) is 110 Å². The fourth-order valence-electron chi connectivity index (χ4n) is 3.90. The largest absolute Gasteiger partial charge is 0.453 e. The number of anilines is 2. The van der Waals surface area contributed by atoms with Crippen molar-refractivity contribution in [3.8, 4) is 0 Å². The van der Waals surface area contributed by atoms with Crippen molar-refractivity contribution in [3.63, 3.8) is 0 Å². The summed E-state index contributed by atoms with van der Waals surface area (Å²) in [5.74, 6) is -1.67. The number of nitrogens with one attached hydrogen (secondary N) is 1. The lowest BCUT2D eigenvalue weighted by atomic mass is 10.2. The highest BCUT2D eigenvalue weighted by molar-refractivity contribution is 7.51. The maximum Gasteiger partial charge on any atom is 0.414 e. The summed E-state index contributed by atoms with van der Waals surface area (Å²) in [6.07, 6.45) is -1.48. The van der Waals surface area contributed by atoms with Crippen LogP contribution in [0, 0.1) is 11.6 Å². The van der Waals surface area contributed by atoms with E-state index in [4.69, 9.17) is 13.8 Å². The van der Waals surface area contributed by atoms with E-state index in [0.717, 1.165) is 17.0 Å². The van der Waals surface area contributed by atoms with Crippen LogP contribution in [-0.4, -0.2) is 82.6 Å². The molecule has 1 aromatic rings. The summed E-state index contributed by atoms with van der Waals surface area (Å²) >= 11 is 0. The Morgan fingerprint density at radius 2 is 1.82 bits per heavy atom. The number of methoxy groups -OCH3 is 1. The molecule has 0 bridgehead atoms. The average Bonchev–Trinajstić information content (AvgIpc) is 3.18. The highest BCUT2D eigenvalue weighted by Gasteiger charge is 2.39. The molecule has 0 radical (unpaired) electrons. The minimum atomic E-state index is -3.35. The number of hydrogen-bond donors (Lipinski definition) is 1. The summed E-state index contributed by atoms with van der Waals surface area (Å²) in [6.45, 7) is 1.65. The number of benzene rings is 1. The Labute approximate surface area is 189 Å². The molecule has 0 aliphatic carbocycles. The quantitative estimate of drug-likeness (QED) is 0.622. The molecule has 3 fully saturated rings. The Morgan fingerprint density at radius 1 is 1.18 bits per heavy atom. The second-order valence-corrected chi connectivity index (χ2v) is 9.70. The fourth-order valence-corrected chi connectivity index (χ4v) is 5.69. The van der Waals surface area contributed by atoms with Crippen molar-refractivity contribution in [1.82, 2.24) is 9.99 Å². The Morgan fingerprint density at radius 3 is 2.42 bits per heavy atom. The zero-order valence-electron chi connectivity index (χ0n) is 18.0. The maximum atomic E-state index is 14.9. The number of nitrogens with zero attached hydrogens (tertiary/aromatic N) is 3. The van der Waals surface area contributed by atoms with Gasteiger partial charge in [0.2, 0.25) is 0 Å². The van der Waals surface area contributed by atoms with E-state index in [2.05, 4.69) is 10.1 Å². The molecule has 14 heteroatoms. The zero-order chi connectivity index (χ0) is 23.6. The van der Waals surface area contributed by atoms with Crippen molar-refractivity contribution >= 4 is 31.3 Å². The third-order valence-electron chi connectivity index (χ3n) is 5.56.